The number of nitrogens with one attached hydrogen (secondary N) is 1. The fourth-order valence-electron chi connectivity index (χ4n) is 1.86. The molecule has 14 heavy (non-hydrogen) atoms. The predicted octanol–water partition coefficient (Wildman–Crippen LogP) is 1.31. The Morgan fingerprint density at radius 2 is 2.00 bits per heavy atom. The van der Waals surface area contributed by atoms with E-state index in [2.05, 4.69) is 5.32 Å². The first kappa shape index (κ1) is 9.62. The SMILES string of the molecule is CNCC1(c2ccc(F)cc2)COC1. The minimum absolute atomic E-state index is 0.0580. The van der Waals surface area contributed by atoms with E-state index in [0.29, 0.717) is 0 Å². The maximum Gasteiger partial charge on any atom is 0.123 e. The maximum absolute atomic E-state index is 12.7. The van der Waals surface area contributed by atoms with E-state index in [1.165, 1.54) is 12.1 Å². The van der Waals surface area contributed by atoms with Gasteiger partial charge in [-0.15, -0.1) is 0 Å². The molecule has 0 radical (unpaired) electrons. The fourth-order valence-corrected chi connectivity index (χ4v) is 1.86. The zero-order valence-electron chi connectivity index (χ0n) is 8.22. The molecule has 0 spiro atoms. The average Bonchev–Trinajstić information content (AvgIpc) is 2.13. The Morgan fingerprint density at radius 1 is 1.36 bits per heavy atom. The highest BCUT2D eigenvalue weighted by molar-refractivity contribution is 5.29. The van der Waals surface area contributed by atoms with Gasteiger partial charge in [0, 0.05) is 6.54 Å². The summed E-state index contributed by atoms with van der Waals surface area (Å²) in [5.74, 6) is -0.186. The summed E-state index contributed by atoms with van der Waals surface area (Å²) in [6.45, 7) is 2.32. The average molecular weight is 195 g/mol. The van der Waals surface area contributed by atoms with Gasteiger partial charge in [0.05, 0.1) is 18.6 Å². The molecular formula is C11H14FNO. The molecule has 1 aliphatic heterocycles. The molecule has 1 N–H and O–H groups in total. The third-order valence-corrected chi connectivity index (χ3v) is 2.73. The van der Waals surface area contributed by atoms with Gasteiger partial charge in [0.1, 0.15) is 5.82 Å². The van der Waals surface area contributed by atoms with Crippen molar-refractivity contribution < 1.29 is 9.13 Å². The molecule has 0 atom stereocenters. The quantitative estimate of drug-likeness (QED) is 0.785. The van der Waals surface area contributed by atoms with E-state index >= 15 is 0 Å². The van der Waals surface area contributed by atoms with Gasteiger partial charge < -0.3 is 10.1 Å². The first-order valence-corrected chi connectivity index (χ1v) is 4.75. The lowest BCUT2D eigenvalue weighted by Gasteiger charge is -2.41. The summed E-state index contributed by atoms with van der Waals surface area (Å²) in [5, 5.41) is 3.15. The Morgan fingerprint density at radius 3 is 2.43 bits per heavy atom. The smallest absolute Gasteiger partial charge is 0.123 e. The molecule has 1 heterocycles. The normalized spacial score (nSPS) is 19.0. The van der Waals surface area contributed by atoms with Crippen molar-refractivity contribution in [3.05, 3.63) is 35.6 Å². The molecule has 1 aliphatic rings. The van der Waals surface area contributed by atoms with E-state index < -0.39 is 0 Å². The van der Waals surface area contributed by atoms with Gasteiger partial charge in [-0.1, -0.05) is 12.1 Å². The van der Waals surface area contributed by atoms with Crippen LogP contribution in [0.25, 0.3) is 0 Å². The van der Waals surface area contributed by atoms with Gasteiger partial charge in [0.25, 0.3) is 0 Å². The highest BCUT2D eigenvalue weighted by Gasteiger charge is 2.39. The second kappa shape index (κ2) is 3.67. The first-order chi connectivity index (χ1) is 6.77. The summed E-state index contributed by atoms with van der Waals surface area (Å²) < 4.78 is 18.0. The molecule has 76 valence electrons. The van der Waals surface area contributed by atoms with Crippen LogP contribution in [-0.4, -0.2) is 26.8 Å². The molecule has 0 aromatic heterocycles. The molecule has 0 amide bonds. The predicted molar refractivity (Wildman–Crippen MR) is 52.8 cm³/mol. The van der Waals surface area contributed by atoms with Crippen molar-refractivity contribution in [2.45, 2.75) is 5.41 Å². The van der Waals surface area contributed by atoms with Crippen LogP contribution in [-0.2, 0) is 10.2 Å². The van der Waals surface area contributed by atoms with Gasteiger partial charge in [-0.05, 0) is 24.7 Å². The van der Waals surface area contributed by atoms with Gasteiger partial charge in [-0.25, -0.2) is 4.39 Å². The molecule has 2 rings (SSSR count). The lowest BCUT2D eigenvalue weighted by atomic mass is 9.78. The van der Waals surface area contributed by atoms with Crippen LogP contribution >= 0.6 is 0 Å². The van der Waals surface area contributed by atoms with E-state index in [-0.39, 0.29) is 11.2 Å². The van der Waals surface area contributed by atoms with Gasteiger partial charge in [-0.2, -0.15) is 0 Å². The van der Waals surface area contributed by atoms with Crippen LogP contribution in [0.5, 0.6) is 0 Å². The second-order valence-corrected chi connectivity index (χ2v) is 3.81. The minimum Gasteiger partial charge on any atom is -0.379 e. The van der Waals surface area contributed by atoms with Crippen LogP contribution in [0.1, 0.15) is 5.56 Å². The van der Waals surface area contributed by atoms with Crippen LogP contribution in [0.4, 0.5) is 4.39 Å². The number of benzene rings is 1. The maximum atomic E-state index is 12.7. The van der Waals surface area contributed by atoms with Crippen LogP contribution in [0.3, 0.4) is 0 Å². The van der Waals surface area contributed by atoms with Crippen molar-refractivity contribution in [2.75, 3.05) is 26.8 Å². The van der Waals surface area contributed by atoms with Crippen molar-refractivity contribution in [1.82, 2.24) is 5.32 Å². The van der Waals surface area contributed by atoms with Crippen molar-refractivity contribution in [3.63, 3.8) is 0 Å². The first-order valence-electron chi connectivity index (χ1n) is 4.75. The highest BCUT2D eigenvalue weighted by Crippen LogP contribution is 2.31. The molecule has 1 aromatic carbocycles. The molecule has 1 aromatic rings. The molecule has 0 bridgehead atoms. The molecule has 3 heteroatoms. The standard InChI is InChI=1S/C11H14FNO/c1-13-6-11(7-14-8-11)9-2-4-10(12)5-3-9/h2-5,13H,6-8H2,1H3. The largest absolute Gasteiger partial charge is 0.379 e. The van der Waals surface area contributed by atoms with Crippen molar-refractivity contribution in [1.29, 1.82) is 0 Å². The van der Waals surface area contributed by atoms with Crippen molar-refractivity contribution >= 4 is 0 Å². The van der Waals surface area contributed by atoms with Crippen LogP contribution < -0.4 is 5.32 Å². The Bertz CT molecular complexity index is 306. The monoisotopic (exact) mass is 195 g/mol. The van der Waals surface area contributed by atoms with Crippen molar-refractivity contribution in [2.24, 2.45) is 0 Å². The number of hydrogen-bond acceptors (Lipinski definition) is 2. The molecule has 2 nitrogen and oxygen atoms in total. The van der Waals surface area contributed by atoms with E-state index in [1.807, 2.05) is 19.2 Å². The summed E-state index contributed by atoms with van der Waals surface area (Å²) in [7, 11) is 1.92. The minimum atomic E-state index is -0.186. The number of hydrogen-bond donors (Lipinski definition) is 1. The van der Waals surface area contributed by atoms with E-state index in [9.17, 15) is 4.39 Å². The van der Waals surface area contributed by atoms with E-state index in [4.69, 9.17) is 4.74 Å². The summed E-state index contributed by atoms with van der Waals surface area (Å²) in [6.07, 6.45) is 0. The van der Waals surface area contributed by atoms with Gasteiger partial charge in [0.2, 0.25) is 0 Å². The third kappa shape index (κ3) is 1.53. The summed E-state index contributed by atoms with van der Waals surface area (Å²) in [6, 6.07) is 6.69. The number of halogens is 1. The summed E-state index contributed by atoms with van der Waals surface area (Å²) in [5.41, 5.74) is 1.21. The Balaban J connectivity index is 2.23. The fraction of sp³-hybridized carbons (Fsp3) is 0.455. The zero-order chi connectivity index (χ0) is 10.0. The number of likely N-dealkylation sites (N-methyl/N-ethyl adjacent to an activating group) is 1. The molecule has 1 fully saturated rings. The molecule has 0 saturated carbocycles. The van der Waals surface area contributed by atoms with Gasteiger partial charge in [0.15, 0.2) is 0 Å². The molecule has 0 aliphatic carbocycles. The zero-order valence-corrected chi connectivity index (χ0v) is 8.22. The van der Waals surface area contributed by atoms with Gasteiger partial charge in [-0.3, -0.25) is 0 Å². The van der Waals surface area contributed by atoms with E-state index in [1.54, 1.807) is 0 Å². The Kier molecular flexibility index (Phi) is 2.52. The lowest BCUT2D eigenvalue weighted by Crippen LogP contribution is -2.52. The van der Waals surface area contributed by atoms with E-state index in [0.717, 1.165) is 25.3 Å². The van der Waals surface area contributed by atoms with Crippen LogP contribution in [0, 0.1) is 5.82 Å². The lowest BCUT2D eigenvalue weighted by molar-refractivity contribution is -0.0582. The van der Waals surface area contributed by atoms with Crippen molar-refractivity contribution in [3.8, 4) is 0 Å². The van der Waals surface area contributed by atoms with Crippen LogP contribution in [0.2, 0.25) is 0 Å². The third-order valence-electron chi connectivity index (χ3n) is 2.73. The summed E-state index contributed by atoms with van der Waals surface area (Å²) >= 11 is 0. The van der Waals surface area contributed by atoms with Crippen LogP contribution in [0.15, 0.2) is 24.3 Å². The Hall–Kier alpha value is -0.930. The highest BCUT2D eigenvalue weighted by atomic mass is 19.1. The number of rotatable bonds is 3. The summed E-state index contributed by atoms with van der Waals surface area (Å²) in [4.78, 5) is 0. The Labute approximate surface area is 83.1 Å². The molecular weight excluding hydrogens is 181 g/mol. The second-order valence-electron chi connectivity index (χ2n) is 3.81. The molecule has 1 saturated heterocycles. The topological polar surface area (TPSA) is 21.3 Å². The van der Waals surface area contributed by atoms with Gasteiger partial charge >= 0.3 is 0 Å². The molecule has 0 unspecified atom stereocenters. The number of ether oxygens (including phenoxy) is 1.